The van der Waals surface area contributed by atoms with Crippen LogP contribution >= 0.6 is 0 Å². The van der Waals surface area contributed by atoms with Gasteiger partial charge in [0.2, 0.25) is 0 Å². The normalized spacial score (nSPS) is 12.1. The first kappa shape index (κ1) is 67.9. The Morgan fingerprint density at radius 3 is 0.714 bits per heavy atom. The molecule has 0 unspecified atom stereocenters. The molecular formula is C64H120O6. The van der Waals surface area contributed by atoms with Crippen LogP contribution in [0.1, 0.15) is 348 Å². The van der Waals surface area contributed by atoms with Crippen molar-refractivity contribution in [2.75, 3.05) is 13.2 Å². The predicted octanol–water partition coefficient (Wildman–Crippen LogP) is 21.1. The summed E-state index contributed by atoms with van der Waals surface area (Å²) in [7, 11) is 0. The van der Waals surface area contributed by atoms with Gasteiger partial charge in [-0.05, 0) is 70.6 Å². The fourth-order valence-electron chi connectivity index (χ4n) is 9.44. The molecule has 0 N–H and O–H groups in total. The van der Waals surface area contributed by atoms with E-state index in [1.807, 2.05) is 0 Å². The van der Waals surface area contributed by atoms with E-state index in [1.165, 1.54) is 250 Å². The van der Waals surface area contributed by atoms with E-state index >= 15 is 0 Å². The molecule has 0 spiro atoms. The van der Waals surface area contributed by atoms with Gasteiger partial charge in [0.1, 0.15) is 13.2 Å². The smallest absolute Gasteiger partial charge is 0.306 e. The molecule has 0 saturated carbocycles. The summed E-state index contributed by atoms with van der Waals surface area (Å²) in [6, 6.07) is 0. The summed E-state index contributed by atoms with van der Waals surface area (Å²) in [4.78, 5) is 38.3. The molecule has 0 fully saturated rings. The predicted molar refractivity (Wildman–Crippen MR) is 303 cm³/mol. The number of carbonyl (C=O) groups excluding carboxylic acids is 3. The molecule has 0 heterocycles. The van der Waals surface area contributed by atoms with Gasteiger partial charge < -0.3 is 14.2 Å². The second-order valence-electron chi connectivity index (χ2n) is 21.3. The molecule has 0 radical (unpaired) electrons. The number of unbranched alkanes of at least 4 members (excludes halogenated alkanes) is 43. The SMILES string of the molecule is CCCCCCCCCC/C=C\CCCCCCCCCC(=O)OC[C@@H](COC(=O)CCCCCCCCCCCCCCCC)OC(=O)CCCCCCCCC/C=C\CCCCCCCCCC. The molecule has 0 aliphatic carbocycles. The summed E-state index contributed by atoms with van der Waals surface area (Å²) in [5, 5.41) is 0. The monoisotopic (exact) mass is 985 g/mol. The van der Waals surface area contributed by atoms with Crippen molar-refractivity contribution in [1.82, 2.24) is 0 Å². The number of carbonyl (C=O) groups is 3. The lowest BCUT2D eigenvalue weighted by atomic mass is 10.0. The maximum atomic E-state index is 12.9. The van der Waals surface area contributed by atoms with Gasteiger partial charge in [0.25, 0.3) is 0 Å². The van der Waals surface area contributed by atoms with E-state index in [9.17, 15) is 14.4 Å². The molecule has 6 nitrogen and oxygen atoms in total. The Morgan fingerprint density at radius 1 is 0.271 bits per heavy atom. The Morgan fingerprint density at radius 2 is 0.471 bits per heavy atom. The van der Waals surface area contributed by atoms with Gasteiger partial charge in [0.05, 0.1) is 0 Å². The average Bonchev–Trinajstić information content (AvgIpc) is 3.36. The Labute approximate surface area is 436 Å². The van der Waals surface area contributed by atoms with Gasteiger partial charge >= 0.3 is 17.9 Å². The standard InChI is InChI=1S/C64H120O6/c1-4-7-10-13-16-19-22-25-28-30-32-34-36-39-42-45-48-51-54-57-63(66)69-60-61(59-68-62(65)56-53-50-47-44-41-38-27-24-21-18-15-12-9-6-3)70-64(67)58-55-52-49-46-43-40-37-35-33-31-29-26-23-20-17-14-11-8-5-2/h30-33,61H,4-29,34-60H2,1-3H3/b32-30-,33-31-/t61-/m1/s1. The second kappa shape index (κ2) is 59.5. The molecule has 0 aliphatic rings. The van der Waals surface area contributed by atoms with Gasteiger partial charge in [0, 0.05) is 19.3 Å². The van der Waals surface area contributed by atoms with Gasteiger partial charge in [-0.25, -0.2) is 0 Å². The van der Waals surface area contributed by atoms with E-state index in [-0.39, 0.29) is 31.1 Å². The fourth-order valence-corrected chi connectivity index (χ4v) is 9.44. The van der Waals surface area contributed by atoms with Crippen LogP contribution in [0.2, 0.25) is 0 Å². The van der Waals surface area contributed by atoms with Crippen LogP contribution in [0.5, 0.6) is 0 Å². The molecule has 0 aromatic carbocycles. The molecule has 0 amide bonds. The van der Waals surface area contributed by atoms with Crippen molar-refractivity contribution in [3.63, 3.8) is 0 Å². The molecular weight excluding hydrogens is 865 g/mol. The van der Waals surface area contributed by atoms with Crippen LogP contribution in [-0.2, 0) is 28.6 Å². The van der Waals surface area contributed by atoms with Gasteiger partial charge in [-0.3, -0.25) is 14.4 Å². The lowest BCUT2D eigenvalue weighted by molar-refractivity contribution is -0.167. The van der Waals surface area contributed by atoms with Crippen molar-refractivity contribution in [1.29, 1.82) is 0 Å². The third kappa shape index (κ3) is 56.8. The summed E-state index contributed by atoms with van der Waals surface area (Å²) < 4.78 is 16.9. The topological polar surface area (TPSA) is 78.9 Å². The fraction of sp³-hybridized carbons (Fsp3) is 0.891. The van der Waals surface area contributed by atoms with Crippen molar-refractivity contribution in [3.8, 4) is 0 Å². The molecule has 70 heavy (non-hydrogen) atoms. The Bertz CT molecular complexity index is 1130. The number of ether oxygens (including phenoxy) is 3. The zero-order chi connectivity index (χ0) is 50.7. The maximum absolute atomic E-state index is 12.9. The van der Waals surface area contributed by atoms with Gasteiger partial charge in [0.15, 0.2) is 6.10 Å². The first-order valence-electron chi connectivity index (χ1n) is 31.3. The molecule has 0 saturated heterocycles. The first-order chi connectivity index (χ1) is 34.5. The first-order valence-corrected chi connectivity index (χ1v) is 31.3. The van der Waals surface area contributed by atoms with E-state index in [0.717, 1.165) is 57.8 Å². The Hall–Kier alpha value is -2.11. The summed E-state index contributed by atoms with van der Waals surface area (Å²) in [5.74, 6) is -0.854. The number of esters is 3. The summed E-state index contributed by atoms with van der Waals surface area (Å²) in [6.07, 6.45) is 70.3. The molecule has 412 valence electrons. The minimum absolute atomic E-state index is 0.0696. The third-order valence-corrected chi connectivity index (χ3v) is 14.2. The van der Waals surface area contributed by atoms with E-state index in [1.54, 1.807) is 0 Å². The number of hydrogen-bond donors (Lipinski definition) is 0. The number of rotatable bonds is 58. The van der Waals surface area contributed by atoms with Crippen molar-refractivity contribution >= 4 is 17.9 Å². The minimum Gasteiger partial charge on any atom is -0.462 e. The van der Waals surface area contributed by atoms with Gasteiger partial charge in [-0.1, -0.05) is 283 Å². The molecule has 1 atom stereocenters. The highest BCUT2D eigenvalue weighted by atomic mass is 16.6. The highest BCUT2D eigenvalue weighted by Crippen LogP contribution is 2.17. The quantitative estimate of drug-likeness (QED) is 0.0261. The van der Waals surface area contributed by atoms with E-state index < -0.39 is 6.10 Å². The van der Waals surface area contributed by atoms with E-state index in [4.69, 9.17) is 14.2 Å². The minimum atomic E-state index is -0.772. The summed E-state index contributed by atoms with van der Waals surface area (Å²) in [5.41, 5.74) is 0. The highest BCUT2D eigenvalue weighted by Gasteiger charge is 2.19. The number of allylic oxidation sites excluding steroid dienone is 4. The third-order valence-electron chi connectivity index (χ3n) is 14.2. The van der Waals surface area contributed by atoms with Crippen LogP contribution < -0.4 is 0 Å². The average molecular weight is 986 g/mol. The molecule has 0 bridgehead atoms. The second-order valence-corrected chi connectivity index (χ2v) is 21.3. The van der Waals surface area contributed by atoms with Crippen LogP contribution in [0.15, 0.2) is 24.3 Å². The Balaban J connectivity index is 4.32. The molecule has 0 aromatic rings. The van der Waals surface area contributed by atoms with Crippen LogP contribution in [0.4, 0.5) is 0 Å². The van der Waals surface area contributed by atoms with Crippen molar-refractivity contribution < 1.29 is 28.6 Å². The Kier molecular flexibility index (Phi) is 57.7. The van der Waals surface area contributed by atoms with Gasteiger partial charge in [-0.15, -0.1) is 0 Å². The van der Waals surface area contributed by atoms with Crippen molar-refractivity contribution in [2.45, 2.75) is 354 Å². The van der Waals surface area contributed by atoms with Crippen LogP contribution in [0.25, 0.3) is 0 Å². The van der Waals surface area contributed by atoms with E-state index in [2.05, 4.69) is 45.1 Å². The highest BCUT2D eigenvalue weighted by molar-refractivity contribution is 5.71. The lowest BCUT2D eigenvalue weighted by Crippen LogP contribution is -2.30. The molecule has 6 heteroatoms. The number of hydrogen-bond acceptors (Lipinski definition) is 6. The molecule has 0 aliphatic heterocycles. The van der Waals surface area contributed by atoms with Crippen LogP contribution in [-0.4, -0.2) is 37.2 Å². The zero-order valence-corrected chi connectivity index (χ0v) is 47.3. The van der Waals surface area contributed by atoms with Crippen molar-refractivity contribution in [2.24, 2.45) is 0 Å². The van der Waals surface area contributed by atoms with E-state index in [0.29, 0.717) is 19.3 Å². The molecule has 0 rings (SSSR count). The zero-order valence-electron chi connectivity index (χ0n) is 47.3. The maximum Gasteiger partial charge on any atom is 0.306 e. The molecule has 0 aromatic heterocycles. The summed E-state index contributed by atoms with van der Waals surface area (Å²) >= 11 is 0. The van der Waals surface area contributed by atoms with Gasteiger partial charge in [-0.2, -0.15) is 0 Å². The van der Waals surface area contributed by atoms with Crippen LogP contribution in [0.3, 0.4) is 0 Å². The largest absolute Gasteiger partial charge is 0.462 e. The van der Waals surface area contributed by atoms with Crippen LogP contribution in [0, 0.1) is 0 Å². The lowest BCUT2D eigenvalue weighted by Gasteiger charge is -2.18. The van der Waals surface area contributed by atoms with Crippen molar-refractivity contribution in [3.05, 3.63) is 24.3 Å². The summed E-state index contributed by atoms with van der Waals surface area (Å²) in [6.45, 7) is 6.69.